The van der Waals surface area contributed by atoms with Crippen LogP contribution in [0.15, 0.2) is 12.4 Å². The molecule has 0 atom stereocenters. The van der Waals surface area contributed by atoms with Crippen LogP contribution in [0.3, 0.4) is 0 Å². The van der Waals surface area contributed by atoms with Crippen LogP contribution < -0.4 is 5.73 Å². The van der Waals surface area contributed by atoms with E-state index in [-0.39, 0.29) is 5.41 Å². The molecule has 0 amide bonds. The topological polar surface area (TPSA) is 38.9 Å². The number of pyridine rings is 1. The van der Waals surface area contributed by atoms with Crippen molar-refractivity contribution in [3.05, 3.63) is 23.5 Å². The van der Waals surface area contributed by atoms with E-state index in [9.17, 15) is 0 Å². The zero-order valence-corrected chi connectivity index (χ0v) is 8.96. The van der Waals surface area contributed by atoms with Crippen LogP contribution in [0, 0.1) is 12.3 Å². The first-order chi connectivity index (χ1) is 6.53. The van der Waals surface area contributed by atoms with Gasteiger partial charge in [0.25, 0.3) is 0 Å². The molecular weight excluding hydrogens is 172 g/mol. The summed E-state index contributed by atoms with van der Waals surface area (Å²) in [6.07, 6.45) is 9.78. The molecule has 0 radical (unpaired) electrons. The zero-order valence-electron chi connectivity index (χ0n) is 8.96. The third kappa shape index (κ3) is 1.72. The van der Waals surface area contributed by atoms with Gasteiger partial charge in [0.1, 0.15) is 0 Å². The van der Waals surface area contributed by atoms with E-state index in [1.807, 2.05) is 0 Å². The lowest BCUT2D eigenvalue weighted by Gasteiger charge is -2.24. The quantitative estimate of drug-likeness (QED) is 0.723. The summed E-state index contributed by atoms with van der Waals surface area (Å²) in [7, 11) is 0. The maximum Gasteiger partial charge on any atom is 0.0658 e. The summed E-state index contributed by atoms with van der Waals surface area (Å²) in [5.74, 6) is 2.54. The molecule has 2 nitrogen and oxygen atoms in total. The molecule has 0 aliphatic heterocycles. The lowest BCUT2D eigenvalue weighted by atomic mass is 9.81. The standard InChI is InChI=1S/C12H16N2/c1-5-9-7-14-8-10(11(9)13)12(3,4)6-2/h1,7-8H,6H2,2-4H3,(H2,13,14). The maximum atomic E-state index is 5.97. The Morgan fingerprint density at radius 2 is 2.14 bits per heavy atom. The molecule has 74 valence electrons. The molecule has 2 heteroatoms. The number of rotatable bonds is 2. The Morgan fingerprint density at radius 1 is 1.50 bits per heavy atom. The Kier molecular flexibility index (Phi) is 2.81. The van der Waals surface area contributed by atoms with Gasteiger partial charge in [0.2, 0.25) is 0 Å². The Labute approximate surface area is 85.5 Å². The van der Waals surface area contributed by atoms with Gasteiger partial charge in [0.15, 0.2) is 0 Å². The number of hydrogen-bond acceptors (Lipinski definition) is 2. The second kappa shape index (κ2) is 3.71. The molecule has 0 unspecified atom stereocenters. The van der Waals surface area contributed by atoms with Crippen LogP contribution in [0.1, 0.15) is 38.3 Å². The fourth-order valence-corrected chi connectivity index (χ4v) is 1.32. The third-order valence-corrected chi connectivity index (χ3v) is 2.76. The number of hydrogen-bond donors (Lipinski definition) is 1. The normalized spacial score (nSPS) is 11.0. The predicted octanol–water partition coefficient (Wildman–Crippen LogP) is 2.33. The first-order valence-electron chi connectivity index (χ1n) is 4.73. The second-order valence-corrected chi connectivity index (χ2v) is 4.03. The van der Waals surface area contributed by atoms with Gasteiger partial charge in [-0.05, 0) is 11.8 Å². The molecule has 0 saturated heterocycles. The maximum absolute atomic E-state index is 5.97. The van der Waals surface area contributed by atoms with Crippen LogP contribution in [0.2, 0.25) is 0 Å². The van der Waals surface area contributed by atoms with Crippen LogP contribution >= 0.6 is 0 Å². The molecule has 0 fully saturated rings. The minimum atomic E-state index is 0.0317. The smallest absolute Gasteiger partial charge is 0.0658 e. The summed E-state index contributed by atoms with van der Waals surface area (Å²) < 4.78 is 0. The van der Waals surface area contributed by atoms with Gasteiger partial charge >= 0.3 is 0 Å². The highest BCUT2D eigenvalue weighted by Gasteiger charge is 2.22. The average molecular weight is 188 g/mol. The van der Waals surface area contributed by atoms with Crippen molar-refractivity contribution in [3.8, 4) is 12.3 Å². The highest BCUT2D eigenvalue weighted by atomic mass is 14.7. The fraction of sp³-hybridized carbons (Fsp3) is 0.417. The van der Waals surface area contributed by atoms with Crippen LogP contribution in [0.4, 0.5) is 5.69 Å². The number of terminal acetylenes is 1. The molecule has 0 bridgehead atoms. The summed E-state index contributed by atoms with van der Waals surface area (Å²) >= 11 is 0. The van der Waals surface area contributed by atoms with E-state index >= 15 is 0 Å². The van der Waals surface area contributed by atoms with Crippen LogP contribution in [-0.2, 0) is 5.41 Å². The van der Waals surface area contributed by atoms with Gasteiger partial charge in [-0.25, -0.2) is 0 Å². The van der Waals surface area contributed by atoms with Gasteiger partial charge in [0.05, 0.1) is 11.3 Å². The van der Waals surface area contributed by atoms with Crippen molar-refractivity contribution in [2.75, 3.05) is 5.73 Å². The SMILES string of the molecule is C#Cc1cncc(C(C)(C)CC)c1N. The molecule has 0 aromatic carbocycles. The summed E-state index contributed by atoms with van der Waals surface area (Å²) in [6, 6.07) is 0. The van der Waals surface area contributed by atoms with Crippen molar-refractivity contribution in [2.24, 2.45) is 0 Å². The van der Waals surface area contributed by atoms with E-state index < -0.39 is 0 Å². The molecule has 0 saturated carbocycles. The Bertz CT molecular complexity index is 372. The average Bonchev–Trinajstić information content (AvgIpc) is 2.18. The van der Waals surface area contributed by atoms with E-state index in [0.717, 1.165) is 12.0 Å². The molecule has 1 heterocycles. The summed E-state index contributed by atoms with van der Waals surface area (Å²) in [6.45, 7) is 6.41. The van der Waals surface area contributed by atoms with Crippen LogP contribution in [0.5, 0.6) is 0 Å². The summed E-state index contributed by atoms with van der Waals surface area (Å²) in [5.41, 5.74) is 8.42. The van der Waals surface area contributed by atoms with Gasteiger partial charge in [-0.2, -0.15) is 0 Å². The van der Waals surface area contributed by atoms with Gasteiger partial charge in [-0.3, -0.25) is 4.98 Å². The lowest BCUT2D eigenvalue weighted by molar-refractivity contribution is 0.506. The first-order valence-corrected chi connectivity index (χ1v) is 4.73. The lowest BCUT2D eigenvalue weighted by Crippen LogP contribution is -2.18. The van der Waals surface area contributed by atoms with Gasteiger partial charge < -0.3 is 5.73 Å². The number of nitrogens with two attached hydrogens (primary N) is 1. The summed E-state index contributed by atoms with van der Waals surface area (Å²) in [4.78, 5) is 4.11. The molecule has 1 aromatic rings. The third-order valence-electron chi connectivity index (χ3n) is 2.76. The van der Waals surface area contributed by atoms with Crippen molar-refractivity contribution in [1.29, 1.82) is 0 Å². The van der Waals surface area contributed by atoms with E-state index in [4.69, 9.17) is 12.2 Å². The van der Waals surface area contributed by atoms with Gasteiger partial charge in [-0.1, -0.05) is 26.7 Å². The van der Waals surface area contributed by atoms with Crippen molar-refractivity contribution >= 4 is 5.69 Å². The molecule has 0 aliphatic rings. The van der Waals surface area contributed by atoms with Crippen molar-refractivity contribution in [1.82, 2.24) is 4.98 Å². The molecule has 0 aliphatic carbocycles. The highest BCUT2D eigenvalue weighted by Crippen LogP contribution is 2.31. The van der Waals surface area contributed by atoms with Crippen molar-refractivity contribution in [3.63, 3.8) is 0 Å². The van der Waals surface area contributed by atoms with E-state index in [1.54, 1.807) is 12.4 Å². The zero-order chi connectivity index (χ0) is 10.8. The van der Waals surface area contributed by atoms with E-state index in [2.05, 4.69) is 31.7 Å². The molecule has 0 spiro atoms. The van der Waals surface area contributed by atoms with Gasteiger partial charge in [-0.15, -0.1) is 6.42 Å². The fourth-order valence-electron chi connectivity index (χ4n) is 1.32. The van der Waals surface area contributed by atoms with Gasteiger partial charge in [0, 0.05) is 18.0 Å². The minimum absolute atomic E-state index is 0.0317. The van der Waals surface area contributed by atoms with E-state index in [0.29, 0.717) is 11.3 Å². The number of nitrogens with zero attached hydrogens (tertiary/aromatic N) is 1. The van der Waals surface area contributed by atoms with Crippen LogP contribution in [-0.4, -0.2) is 4.98 Å². The minimum Gasteiger partial charge on any atom is -0.397 e. The first kappa shape index (κ1) is 10.6. The Morgan fingerprint density at radius 3 is 2.64 bits per heavy atom. The molecule has 1 rings (SSSR count). The van der Waals surface area contributed by atoms with E-state index in [1.165, 1.54) is 0 Å². The summed E-state index contributed by atoms with van der Waals surface area (Å²) in [5, 5.41) is 0. The van der Waals surface area contributed by atoms with Crippen molar-refractivity contribution < 1.29 is 0 Å². The number of aromatic nitrogens is 1. The predicted molar refractivity (Wildman–Crippen MR) is 59.9 cm³/mol. The Balaban J connectivity index is 3.31. The molecular formula is C12H16N2. The molecule has 2 N–H and O–H groups in total. The largest absolute Gasteiger partial charge is 0.397 e. The molecule has 14 heavy (non-hydrogen) atoms. The van der Waals surface area contributed by atoms with Crippen LogP contribution in [0.25, 0.3) is 0 Å². The highest BCUT2D eigenvalue weighted by molar-refractivity contribution is 5.60. The molecule has 1 aromatic heterocycles. The Hall–Kier alpha value is -1.49. The second-order valence-electron chi connectivity index (χ2n) is 4.03. The number of nitrogen functional groups attached to an aromatic ring is 1. The monoisotopic (exact) mass is 188 g/mol. The van der Waals surface area contributed by atoms with Crippen molar-refractivity contribution in [2.45, 2.75) is 32.6 Å². The number of anilines is 1.